The molecule has 0 spiro atoms. The summed E-state index contributed by atoms with van der Waals surface area (Å²) >= 11 is 0. The molecular formula is C8H14N4. The molecule has 0 aliphatic heterocycles. The van der Waals surface area contributed by atoms with E-state index in [0.29, 0.717) is 12.6 Å². The predicted molar refractivity (Wildman–Crippen MR) is 48.8 cm³/mol. The quantitative estimate of drug-likeness (QED) is 0.688. The van der Waals surface area contributed by atoms with E-state index in [-0.39, 0.29) is 0 Å². The van der Waals surface area contributed by atoms with Crippen molar-refractivity contribution in [3.05, 3.63) is 18.3 Å². The number of hydrogen-bond acceptors (Lipinski definition) is 4. The smallest absolute Gasteiger partial charge is 0.148 e. The Labute approximate surface area is 72.2 Å². The Morgan fingerprint density at radius 2 is 2.50 bits per heavy atom. The average molecular weight is 166 g/mol. The molecule has 12 heavy (non-hydrogen) atoms. The molecule has 0 aromatic carbocycles. The minimum Gasteiger partial charge on any atom is -0.366 e. The first-order valence-corrected chi connectivity index (χ1v) is 4.07. The lowest BCUT2D eigenvalue weighted by Gasteiger charge is -2.11. The molecule has 0 fully saturated rings. The monoisotopic (exact) mass is 166 g/mol. The molecule has 0 radical (unpaired) electrons. The molecule has 0 aliphatic carbocycles. The van der Waals surface area contributed by atoms with E-state index in [9.17, 15) is 0 Å². The van der Waals surface area contributed by atoms with Crippen molar-refractivity contribution in [2.45, 2.75) is 19.4 Å². The number of nitrogens with zero attached hydrogens (tertiary/aromatic N) is 2. The van der Waals surface area contributed by atoms with Crippen LogP contribution in [0.4, 0.5) is 5.82 Å². The molecule has 1 aromatic rings. The van der Waals surface area contributed by atoms with Crippen molar-refractivity contribution in [1.29, 1.82) is 0 Å². The zero-order valence-electron chi connectivity index (χ0n) is 7.20. The summed E-state index contributed by atoms with van der Waals surface area (Å²) in [6.07, 6.45) is 2.59. The fraction of sp³-hybridized carbons (Fsp3) is 0.500. The average Bonchev–Trinajstić information content (AvgIpc) is 2.06. The van der Waals surface area contributed by atoms with Gasteiger partial charge >= 0.3 is 0 Å². The minimum atomic E-state index is 0.353. The highest BCUT2D eigenvalue weighted by Gasteiger charge is 1.99. The van der Waals surface area contributed by atoms with Crippen molar-refractivity contribution in [1.82, 2.24) is 10.2 Å². The van der Waals surface area contributed by atoms with Crippen molar-refractivity contribution in [2.24, 2.45) is 5.73 Å². The van der Waals surface area contributed by atoms with Crippen LogP contribution in [-0.4, -0.2) is 22.8 Å². The summed E-state index contributed by atoms with van der Waals surface area (Å²) in [7, 11) is 0. The van der Waals surface area contributed by atoms with E-state index < -0.39 is 0 Å². The molecule has 66 valence electrons. The van der Waals surface area contributed by atoms with Gasteiger partial charge in [0.05, 0.1) is 0 Å². The van der Waals surface area contributed by atoms with Crippen LogP contribution in [0.1, 0.15) is 13.3 Å². The third kappa shape index (κ3) is 2.84. The summed E-state index contributed by atoms with van der Waals surface area (Å²) in [6, 6.07) is 4.09. The predicted octanol–water partition coefficient (Wildman–Crippen LogP) is 0.626. The SMILES string of the molecule is CC(CCN)Nc1cccnn1. The van der Waals surface area contributed by atoms with Crippen LogP contribution in [0.3, 0.4) is 0 Å². The van der Waals surface area contributed by atoms with Crippen LogP contribution in [0.15, 0.2) is 18.3 Å². The van der Waals surface area contributed by atoms with E-state index >= 15 is 0 Å². The first-order valence-electron chi connectivity index (χ1n) is 4.07. The minimum absolute atomic E-state index is 0.353. The molecule has 1 aromatic heterocycles. The topological polar surface area (TPSA) is 63.8 Å². The zero-order valence-corrected chi connectivity index (χ0v) is 7.20. The molecule has 0 amide bonds. The number of rotatable bonds is 4. The maximum absolute atomic E-state index is 5.41. The highest BCUT2D eigenvalue weighted by molar-refractivity contribution is 5.32. The lowest BCUT2D eigenvalue weighted by Crippen LogP contribution is -2.20. The Morgan fingerprint density at radius 3 is 3.08 bits per heavy atom. The third-order valence-corrected chi connectivity index (χ3v) is 1.57. The Hall–Kier alpha value is -1.16. The van der Waals surface area contributed by atoms with Crippen LogP contribution in [0.25, 0.3) is 0 Å². The number of aromatic nitrogens is 2. The summed E-state index contributed by atoms with van der Waals surface area (Å²) < 4.78 is 0. The van der Waals surface area contributed by atoms with Gasteiger partial charge in [0.2, 0.25) is 0 Å². The number of hydrogen-bond donors (Lipinski definition) is 2. The third-order valence-electron chi connectivity index (χ3n) is 1.57. The van der Waals surface area contributed by atoms with Crippen LogP contribution < -0.4 is 11.1 Å². The second kappa shape index (κ2) is 4.66. The molecule has 1 unspecified atom stereocenters. The van der Waals surface area contributed by atoms with Crippen LogP contribution in [-0.2, 0) is 0 Å². The first-order chi connectivity index (χ1) is 5.83. The number of nitrogens with one attached hydrogen (secondary N) is 1. The Balaban J connectivity index is 2.41. The lowest BCUT2D eigenvalue weighted by molar-refractivity contribution is 0.711. The van der Waals surface area contributed by atoms with E-state index in [1.54, 1.807) is 6.20 Å². The molecule has 0 bridgehead atoms. The van der Waals surface area contributed by atoms with Gasteiger partial charge in [-0.1, -0.05) is 0 Å². The van der Waals surface area contributed by atoms with Crippen LogP contribution in [0, 0.1) is 0 Å². The Morgan fingerprint density at radius 1 is 1.67 bits per heavy atom. The van der Waals surface area contributed by atoms with Gasteiger partial charge in [-0.25, -0.2) is 0 Å². The summed E-state index contributed by atoms with van der Waals surface area (Å²) in [6.45, 7) is 2.76. The zero-order chi connectivity index (χ0) is 8.81. The first kappa shape index (κ1) is 8.93. The standard InChI is InChI=1S/C8H14N4/c1-7(4-5-9)11-8-3-2-6-10-12-8/h2-3,6-7H,4-5,9H2,1H3,(H,11,12). The van der Waals surface area contributed by atoms with E-state index in [2.05, 4.69) is 22.4 Å². The van der Waals surface area contributed by atoms with E-state index in [1.165, 1.54) is 0 Å². The van der Waals surface area contributed by atoms with Crippen molar-refractivity contribution < 1.29 is 0 Å². The maximum atomic E-state index is 5.41. The molecule has 4 nitrogen and oxygen atoms in total. The largest absolute Gasteiger partial charge is 0.366 e. The Kier molecular flexibility index (Phi) is 3.47. The van der Waals surface area contributed by atoms with Gasteiger partial charge in [0.1, 0.15) is 5.82 Å². The van der Waals surface area contributed by atoms with Gasteiger partial charge in [0, 0.05) is 12.2 Å². The van der Waals surface area contributed by atoms with Gasteiger partial charge in [0.25, 0.3) is 0 Å². The molecule has 4 heteroatoms. The highest BCUT2D eigenvalue weighted by atomic mass is 15.2. The van der Waals surface area contributed by atoms with Gasteiger partial charge in [-0.2, -0.15) is 5.10 Å². The molecule has 1 heterocycles. The molecule has 3 N–H and O–H groups in total. The van der Waals surface area contributed by atoms with Gasteiger partial charge in [-0.05, 0) is 32.0 Å². The van der Waals surface area contributed by atoms with E-state index in [4.69, 9.17) is 5.73 Å². The Bertz CT molecular complexity index is 212. The molecule has 0 saturated carbocycles. The van der Waals surface area contributed by atoms with Crippen LogP contribution >= 0.6 is 0 Å². The maximum Gasteiger partial charge on any atom is 0.148 e. The molecule has 0 saturated heterocycles. The summed E-state index contributed by atoms with van der Waals surface area (Å²) in [5, 5.41) is 10.8. The van der Waals surface area contributed by atoms with Crippen LogP contribution in [0.5, 0.6) is 0 Å². The molecule has 1 atom stereocenters. The summed E-state index contributed by atoms with van der Waals surface area (Å²) in [5.41, 5.74) is 5.41. The lowest BCUT2D eigenvalue weighted by atomic mass is 10.2. The summed E-state index contributed by atoms with van der Waals surface area (Å²) in [4.78, 5) is 0. The normalized spacial score (nSPS) is 12.5. The second-order valence-corrected chi connectivity index (χ2v) is 2.73. The van der Waals surface area contributed by atoms with Gasteiger partial charge in [-0.15, -0.1) is 5.10 Å². The molecule has 1 rings (SSSR count). The number of anilines is 1. The van der Waals surface area contributed by atoms with Crippen molar-refractivity contribution in [2.75, 3.05) is 11.9 Å². The second-order valence-electron chi connectivity index (χ2n) is 2.73. The van der Waals surface area contributed by atoms with Crippen molar-refractivity contribution in [3.63, 3.8) is 0 Å². The highest BCUT2D eigenvalue weighted by Crippen LogP contribution is 2.02. The molecule has 0 aliphatic rings. The van der Waals surface area contributed by atoms with Crippen molar-refractivity contribution in [3.8, 4) is 0 Å². The summed E-state index contributed by atoms with van der Waals surface area (Å²) in [5.74, 6) is 0.804. The number of nitrogens with two attached hydrogens (primary N) is 1. The van der Waals surface area contributed by atoms with Gasteiger partial charge < -0.3 is 11.1 Å². The van der Waals surface area contributed by atoms with E-state index in [1.807, 2.05) is 12.1 Å². The van der Waals surface area contributed by atoms with Gasteiger partial charge in [-0.3, -0.25) is 0 Å². The fourth-order valence-corrected chi connectivity index (χ4v) is 0.953. The molecular weight excluding hydrogens is 152 g/mol. The van der Waals surface area contributed by atoms with Gasteiger partial charge in [0.15, 0.2) is 0 Å². The van der Waals surface area contributed by atoms with E-state index in [0.717, 1.165) is 12.2 Å². The van der Waals surface area contributed by atoms with Crippen LogP contribution in [0.2, 0.25) is 0 Å². The fourth-order valence-electron chi connectivity index (χ4n) is 0.953. The van der Waals surface area contributed by atoms with Crippen molar-refractivity contribution >= 4 is 5.82 Å².